The van der Waals surface area contributed by atoms with Crippen molar-refractivity contribution in [2.24, 2.45) is 23.2 Å². The van der Waals surface area contributed by atoms with Crippen molar-refractivity contribution in [3.63, 3.8) is 0 Å². The number of thiophene rings is 1. The second-order valence-corrected chi connectivity index (χ2v) is 11.4. The quantitative estimate of drug-likeness (QED) is 0.662. The number of rotatable bonds is 3. The summed E-state index contributed by atoms with van der Waals surface area (Å²) in [6.07, 6.45) is 10.2. The van der Waals surface area contributed by atoms with Gasteiger partial charge in [-0.2, -0.15) is 5.26 Å². The van der Waals surface area contributed by atoms with Crippen LogP contribution in [0.1, 0.15) is 72.4 Å². The van der Waals surface area contributed by atoms with Crippen molar-refractivity contribution in [2.75, 3.05) is 5.32 Å². The number of nitrogens with one attached hydrogen (secondary N) is 1. The summed E-state index contributed by atoms with van der Waals surface area (Å²) in [5, 5.41) is 14.0. The average molecular weight is 417 g/mol. The van der Waals surface area contributed by atoms with E-state index in [1.165, 1.54) is 35.3 Å². The molecule has 0 radical (unpaired) electrons. The molecule has 30 heavy (non-hydrogen) atoms. The number of hydrogen-bond acceptors (Lipinski definition) is 3. The average Bonchev–Trinajstić information content (AvgIpc) is 3.09. The molecule has 1 amide bonds. The van der Waals surface area contributed by atoms with Crippen molar-refractivity contribution in [1.29, 1.82) is 5.26 Å². The van der Waals surface area contributed by atoms with Crippen LogP contribution in [0.5, 0.6) is 0 Å². The first-order valence-corrected chi connectivity index (χ1v) is 12.4. The normalized spacial score (nSPS) is 33.7. The lowest BCUT2D eigenvalue weighted by molar-refractivity contribution is -0.140. The lowest BCUT2D eigenvalue weighted by atomic mass is 9.49. The van der Waals surface area contributed by atoms with Crippen LogP contribution >= 0.6 is 11.3 Å². The Morgan fingerprint density at radius 1 is 1.07 bits per heavy atom. The van der Waals surface area contributed by atoms with Gasteiger partial charge in [-0.15, -0.1) is 11.3 Å². The Morgan fingerprint density at radius 3 is 2.37 bits per heavy atom. The van der Waals surface area contributed by atoms with E-state index in [9.17, 15) is 10.1 Å². The molecule has 4 fully saturated rings. The largest absolute Gasteiger partial charge is 0.316 e. The standard InChI is InChI=1S/C26H28N2OS/c27-15-22-21-7-6-20(19-4-2-1-3-5-19)11-23(21)30-24(22)28-25(29)26-12-16-8-17(13-26)10-18(9-16)14-26/h1-5,16-18,20H,6-14H2,(H,28,29). The minimum Gasteiger partial charge on any atom is -0.316 e. The highest BCUT2D eigenvalue weighted by atomic mass is 32.1. The van der Waals surface area contributed by atoms with E-state index in [4.69, 9.17) is 0 Å². The fourth-order valence-electron chi connectivity index (χ4n) is 7.43. The third kappa shape index (κ3) is 2.94. The number of anilines is 1. The van der Waals surface area contributed by atoms with E-state index >= 15 is 0 Å². The Labute approximate surface area is 182 Å². The number of nitriles is 1. The van der Waals surface area contributed by atoms with Gasteiger partial charge in [-0.05, 0) is 92.6 Å². The molecule has 4 heteroatoms. The van der Waals surface area contributed by atoms with Gasteiger partial charge in [0.15, 0.2) is 0 Å². The Balaban J connectivity index is 1.26. The van der Waals surface area contributed by atoms with Gasteiger partial charge >= 0.3 is 0 Å². The highest BCUT2D eigenvalue weighted by Gasteiger charge is 2.54. The monoisotopic (exact) mass is 416 g/mol. The molecule has 4 bridgehead atoms. The van der Waals surface area contributed by atoms with Crippen LogP contribution in [0.15, 0.2) is 30.3 Å². The maximum absolute atomic E-state index is 13.5. The molecule has 1 atom stereocenters. The molecule has 1 aromatic heterocycles. The zero-order chi connectivity index (χ0) is 20.3. The molecule has 0 spiro atoms. The summed E-state index contributed by atoms with van der Waals surface area (Å²) < 4.78 is 0. The van der Waals surface area contributed by atoms with Crippen molar-refractivity contribution < 1.29 is 4.79 Å². The Bertz CT molecular complexity index is 996. The van der Waals surface area contributed by atoms with Crippen molar-refractivity contribution in [2.45, 2.75) is 63.7 Å². The Morgan fingerprint density at radius 2 is 1.73 bits per heavy atom. The summed E-state index contributed by atoms with van der Waals surface area (Å²) in [7, 11) is 0. The summed E-state index contributed by atoms with van der Waals surface area (Å²) in [5.74, 6) is 2.97. The van der Waals surface area contributed by atoms with Crippen LogP contribution in [-0.4, -0.2) is 5.91 Å². The molecule has 5 aliphatic carbocycles. The van der Waals surface area contributed by atoms with E-state index in [1.54, 1.807) is 11.3 Å². The number of nitrogens with zero attached hydrogens (tertiary/aromatic N) is 1. The van der Waals surface area contributed by atoms with E-state index < -0.39 is 0 Å². The van der Waals surface area contributed by atoms with Gasteiger partial charge in [-0.3, -0.25) is 4.79 Å². The molecular formula is C26H28N2OS. The first-order chi connectivity index (χ1) is 14.6. The third-order valence-corrected chi connectivity index (χ3v) is 9.56. The number of benzene rings is 1. The van der Waals surface area contributed by atoms with E-state index in [2.05, 4.69) is 41.7 Å². The topological polar surface area (TPSA) is 52.9 Å². The first kappa shape index (κ1) is 18.6. The predicted molar refractivity (Wildman–Crippen MR) is 119 cm³/mol. The lowest BCUT2D eigenvalue weighted by Gasteiger charge is -2.55. The van der Waals surface area contributed by atoms with E-state index in [0.29, 0.717) is 5.92 Å². The van der Waals surface area contributed by atoms with Crippen LogP contribution in [0.2, 0.25) is 0 Å². The number of carbonyl (C=O) groups excluding carboxylic acids is 1. The maximum atomic E-state index is 13.5. The predicted octanol–water partition coefficient (Wildman–Crippen LogP) is 6.05. The molecule has 1 unspecified atom stereocenters. The first-order valence-electron chi connectivity index (χ1n) is 11.5. The van der Waals surface area contributed by atoms with E-state index in [1.807, 2.05) is 0 Å². The van der Waals surface area contributed by atoms with Crippen LogP contribution in [-0.2, 0) is 17.6 Å². The van der Waals surface area contributed by atoms with Crippen LogP contribution in [0, 0.1) is 34.5 Å². The molecule has 4 saturated carbocycles. The zero-order valence-electron chi connectivity index (χ0n) is 17.3. The fraction of sp³-hybridized carbons (Fsp3) is 0.538. The minimum atomic E-state index is -0.168. The summed E-state index contributed by atoms with van der Waals surface area (Å²) in [6.45, 7) is 0. The van der Waals surface area contributed by atoms with E-state index in [-0.39, 0.29) is 11.3 Å². The summed E-state index contributed by atoms with van der Waals surface area (Å²) >= 11 is 1.66. The zero-order valence-corrected chi connectivity index (χ0v) is 18.1. The summed E-state index contributed by atoms with van der Waals surface area (Å²) in [4.78, 5) is 14.8. The van der Waals surface area contributed by atoms with E-state index in [0.717, 1.165) is 66.8 Å². The summed E-state index contributed by atoms with van der Waals surface area (Å²) in [6, 6.07) is 13.1. The number of hydrogen-bond donors (Lipinski definition) is 1. The highest BCUT2D eigenvalue weighted by molar-refractivity contribution is 7.16. The second kappa shape index (κ2) is 6.95. The molecule has 1 heterocycles. The van der Waals surface area contributed by atoms with Gasteiger partial charge in [0.2, 0.25) is 5.91 Å². The van der Waals surface area contributed by atoms with Gasteiger partial charge in [0, 0.05) is 4.88 Å². The van der Waals surface area contributed by atoms with Gasteiger partial charge in [0.05, 0.1) is 11.0 Å². The Kier molecular flexibility index (Phi) is 4.32. The molecule has 0 saturated heterocycles. The van der Waals surface area contributed by atoms with Crippen LogP contribution in [0.4, 0.5) is 5.00 Å². The summed E-state index contributed by atoms with van der Waals surface area (Å²) in [5.41, 5.74) is 3.14. The van der Waals surface area contributed by atoms with Crippen LogP contribution in [0.25, 0.3) is 0 Å². The van der Waals surface area contributed by atoms with Gasteiger partial charge < -0.3 is 5.32 Å². The van der Waals surface area contributed by atoms with Gasteiger partial charge in [-0.25, -0.2) is 0 Å². The molecule has 0 aliphatic heterocycles. The van der Waals surface area contributed by atoms with Crippen molar-refractivity contribution in [1.82, 2.24) is 0 Å². The molecule has 1 N–H and O–H groups in total. The van der Waals surface area contributed by atoms with Crippen molar-refractivity contribution in [3.8, 4) is 6.07 Å². The molecule has 5 aliphatic rings. The van der Waals surface area contributed by atoms with Gasteiger partial charge in [0.25, 0.3) is 0 Å². The highest BCUT2D eigenvalue weighted by Crippen LogP contribution is 2.60. The molecular weight excluding hydrogens is 388 g/mol. The van der Waals surface area contributed by atoms with Crippen molar-refractivity contribution in [3.05, 3.63) is 51.9 Å². The molecule has 1 aromatic carbocycles. The third-order valence-electron chi connectivity index (χ3n) is 8.40. The number of fused-ring (bicyclic) bond motifs is 1. The molecule has 154 valence electrons. The number of carbonyl (C=O) groups is 1. The molecule has 7 rings (SSSR count). The van der Waals surface area contributed by atoms with Crippen LogP contribution < -0.4 is 5.32 Å². The fourth-order valence-corrected chi connectivity index (χ4v) is 8.70. The Hall–Kier alpha value is -2.12. The van der Waals surface area contributed by atoms with Gasteiger partial charge in [-0.1, -0.05) is 30.3 Å². The van der Waals surface area contributed by atoms with Crippen molar-refractivity contribution >= 4 is 22.2 Å². The molecule has 2 aromatic rings. The minimum absolute atomic E-state index is 0.168. The number of amides is 1. The second-order valence-electron chi connectivity index (χ2n) is 10.3. The molecule has 3 nitrogen and oxygen atoms in total. The van der Waals surface area contributed by atoms with Gasteiger partial charge in [0.1, 0.15) is 11.1 Å². The van der Waals surface area contributed by atoms with Crippen LogP contribution in [0.3, 0.4) is 0 Å². The lowest BCUT2D eigenvalue weighted by Crippen LogP contribution is -2.51. The maximum Gasteiger partial charge on any atom is 0.231 e. The SMILES string of the molecule is N#Cc1c(NC(=O)C23CC4CC(CC(C4)C2)C3)sc2c1CCC(c1ccccc1)C2. The smallest absolute Gasteiger partial charge is 0.231 e.